The third-order valence-corrected chi connectivity index (χ3v) is 5.37. The Balaban J connectivity index is 1.59. The molecular formula is C20H26N4O2. The summed E-state index contributed by atoms with van der Waals surface area (Å²) < 4.78 is 5.46. The number of aryl methyl sites for hydroxylation is 1. The zero-order valence-corrected chi connectivity index (χ0v) is 15.6. The molecule has 1 saturated heterocycles. The Morgan fingerprint density at radius 3 is 3.00 bits per heavy atom. The van der Waals surface area contributed by atoms with Gasteiger partial charge < -0.3 is 14.3 Å². The van der Waals surface area contributed by atoms with Crippen molar-refractivity contribution in [2.45, 2.75) is 51.1 Å². The second-order valence-corrected chi connectivity index (χ2v) is 7.61. The third-order valence-electron chi connectivity index (χ3n) is 5.37. The molecule has 6 heteroatoms. The van der Waals surface area contributed by atoms with E-state index in [0.29, 0.717) is 5.69 Å². The molecule has 138 valence electrons. The van der Waals surface area contributed by atoms with Crippen LogP contribution in [0, 0.1) is 0 Å². The molecule has 1 atom stereocenters. The highest BCUT2D eigenvalue weighted by Crippen LogP contribution is 2.34. The molecule has 1 fully saturated rings. The van der Waals surface area contributed by atoms with Crippen LogP contribution in [0.15, 0.2) is 22.9 Å². The topological polar surface area (TPSA) is 62.5 Å². The van der Waals surface area contributed by atoms with Crippen molar-refractivity contribution in [3.63, 3.8) is 0 Å². The van der Waals surface area contributed by atoms with Gasteiger partial charge in [0.05, 0.1) is 11.7 Å². The van der Waals surface area contributed by atoms with Crippen LogP contribution in [0.3, 0.4) is 0 Å². The SMILES string of the molecule is CN(C)Cc1cc([C@@H]2CCCN2C(=O)c2noc3c2CCCC3)ccn1. The summed E-state index contributed by atoms with van der Waals surface area (Å²) in [7, 11) is 4.07. The van der Waals surface area contributed by atoms with Crippen molar-refractivity contribution in [1.82, 2.24) is 19.9 Å². The minimum atomic E-state index is 0.0189. The van der Waals surface area contributed by atoms with Gasteiger partial charge in [-0.2, -0.15) is 0 Å². The fourth-order valence-corrected chi connectivity index (χ4v) is 4.16. The zero-order valence-electron chi connectivity index (χ0n) is 15.6. The molecule has 4 rings (SSSR count). The fourth-order valence-electron chi connectivity index (χ4n) is 4.16. The molecule has 26 heavy (non-hydrogen) atoms. The first-order chi connectivity index (χ1) is 12.6. The van der Waals surface area contributed by atoms with Crippen LogP contribution in [0.25, 0.3) is 0 Å². The molecule has 0 bridgehead atoms. The van der Waals surface area contributed by atoms with Crippen LogP contribution in [-0.2, 0) is 19.4 Å². The number of pyridine rings is 1. The van der Waals surface area contributed by atoms with Crippen molar-refractivity contribution in [3.05, 3.63) is 46.6 Å². The first kappa shape index (κ1) is 17.2. The fraction of sp³-hybridized carbons (Fsp3) is 0.550. The summed E-state index contributed by atoms with van der Waals surface area (Å²) in [5.41, 5.74) is 3.77. The van der Waals surface area contributed by atoms with Crippen molar-refractivity contribution in [2.24, 2.45) is 0 Å². The molecular weight excluding hydrogens is 328 g/mol. The van der Waals surface area contributed by atoms with E-state index in [4.69, 9.17) is 4.52 Å². The molecule has 0 aromatic carbocycles. The van der Waals surface area contributed by atoms with E-state index in [1.54, 1.807) is 0 Å². The summed E-state index contributed by atoms with van der Waals surface area (Å²) in [6, 6.07) is 4.27. The Bertz CT molecular complexity index is 799. The van der Waals surface area contributed by atoms with E-state index >= 15 is 0 Å². The highest BCUT2D eigenvalue weighted by Gasteiger charge is 2.34. The van der Waals surface area contributed by atoms with Crippen molar-refractivity contribution >= 4 is 5.91 Å². The average molecular weight is 354 g/mol. The molecule has 1 amide bonds. The van der Waals surface area contributed by atoms with Gasteiger partial charge >= 0.3 is 0 Å². The molecule has 0 unspecified atom stereocenters. The van der Waals surface area contributed by atoms with E-state index in [1.165, 1.54) is 5.56 Å². The number of rotatable bonds is 4. The number of amides is 1. The van der Waals surface area contributed by atoms with Crippen molar-refractivity contribution in [1.29, 1.82) is 0 Å². The minimum Gasteiger partial charge on any atom is -0.360 e. The van der Waals surface area contributed by atoms with Gasteiger partial charge in [0.25, 0.3) is 5.91 Å². The molecule has 2 aromatic rings. The number of nitrogens with zero attached hydrogens (tertiary/aromatic N) is 4. The Morgan fingerprint density at radius 1 is 1.31 bits per heavy atom. The molecule has 6 nitrogen and oxygen atoms in total. The van der Waals surface area contributed by atoms with E-state index in [9.17, 15) is 4.79 Å². The second kappa shape index (κ2) is 7.19. The molecule has 0 N–H and O–H groups in total. The van der Waals surface area contributed by atoms with Gasteiger partial charge in [0, 0.05) is 31.3 Å². The first-order valence-electron chi connectivity index (χ1n) is 9.51. The highest BCUT2D eigenvalue weighted by atomic mass is 16.5. The van der Waals surface area contributed by atoms with Crippen molar-refractivity contribution < 1.29 is 9.32 Å². The predicted molar refractivity (Wildman–Crippen MR) is 97.8 cm³/mol. The lowest BCUT2D eigenvalue weighted by molar-refractivity contribution is 0.0724. The van der Waals surface area contributed by atoms with Gasteiger partial charge in [0.15, 0.2) is 5.69 Å². The Hall–Kier alpha value is -2.21. The molecule has 0 spiro atoms. The van der Waals surface area contributed by atoms with Gasteiger partial charge in [0.1, 0.15) is 5.76 Å². The van der Waals surface area contributed by atoms with Gasteiger partial charge in [-0.1, -0.05) is 5.16 Å². The maximum Gasteiger partial charge on any atom is 0.276 e. The summed E-state index contributed by atoms with van der Waals surface area (Å²) in [4.78, 5) is 21.7. The minimum absolute atomic E-state index is 0.0189. The van der Waals surface area contributed by atoms with E-state index in [0.717, 1.165) is 68.6 Å². The summed E-state index contributed by atoms with van der Waals surface area (Å²) >= 11 is 0. The molecule has 0 saturated carbocycles. The lowest BCUT2D eigenvalue weighted by Crippen LogP contribution is -2.31. The average Bonchev–Trinajstić information content (AvgIpc) is 3.28. The third kappa shape index (κ3) is 3.26. The van der Waals surface area contributed by atoms with Gasteiger partial charge in [-0.05, 0) is 63.9 Å². The number of fused-ring (bicyclic) bond motifs is 1. The lowest BCUT2D eigenvalue weighted by Gasteiger charge is -2.25. The number of carbonyl (C=O) groups is 1. The number of hydrogen-bond donors (Lipinski definition) is 0. The summed E-state index contributed by atoms with van der Waals surface area (Å²) in [6.07, 6.45) is 7.88. The maximum atomic E-state index is 13.2. The van der Waals surface area contributed by atoms with E-state index in [2.05, 4.69) is 21.1 Å². The van der Waals surface area contributed by atoms with Crippen molar-refractivity contribution in [3.8, 4) is 0 Å². The van der Waals surface area contributed by atoms with Crippen LogP contribution >= 0.6 is 0 Å². The van der Waals surface area contributed by atoms with Crippen molar-refractivity contribution in [2.75, 3.05) is 20.6 Å². The Kier molecular flexibility index (Phi) is 4.76. The van der Waals surface area contributed by atoms with Gasteiger partial charge in [-0.15, -0.1) is 0 Å². The summed E-state index contributed by atoms with van der Waals surface area (Å²) in [6.45, 7) is 1.57. The van der Waals surface area contributed by atoms with Crippen LogP contribution < -0.4 is 0 Å². The van der Waals surface area contributed by atoms with Crippen LogP contribution in [0.4, 0.5) is 0 Å². The maximum absolute atomic E-state index is 13.2. The normalized spacial score (nSPS) is 19.8. The summed E-state index contributed by atoms with van der Waals surface area (Å²) in [5.74, 6) is 0.929. The molecule has 2 aliphatic rings. The standard InChI is InChI=1S/C20H26N4O2/c1-23(2)13-15-12-14(9-10-21-15)17-7-5-11-24(17)20(25)19-16-6-3-4-8-18(16)26-22-19/h9-10,12,17H,3-8,11,13H2,1-2H3/t17-/m0/s1. The predicted octanol–water partition coefficient (Wildman–Crippen LogP) is 2.99. The smallest absolute Gasteiger partial charge is 0.276 e. The molecule has 2 aromatic heterocycles. The second-order valence-electron chi connectivity index (χ2n) is 7.61. The number of hydrogen-bond acceptors (Lipinski definition) is 5. The Labute approximate surface area is 154 Å². The van der Waals surface area contributed by atoms with Crippen LogP contribution in [0.1, 0.15) is 64.8 Å². The first-order valence-corrected chi connectivity index (χ1v) is 9.51. The largest absolute Gasteiger partial charge is 0.360 e. The van der Waals surface area contributed by atoms with Crippen LogP contribution in [0.2, 0.25) is 0 Å². The van der Waals surface area contributed by atoms with Gasteiger partial charge in [-0.3, -0.25) is 9.78 Å². The van der Waals surface area contributed by atoms with Gasteiger partial charge in [0.2, 0.25) is 0 Å². The molecule has 1 aliphatic heterocycles. The lowest BCUT2D eigenvalue weighted by atomic mass is 9.96. The van der Waals surface area contributed by atoms with Crippen LogP contribution in [-0.4, -0.2) is 46.5 Å². The quantitative estimate of drug-likeness (QED) is 0.845. The van der Waals surface area contributed by atoms with E-state index in [1.807, 2.05) is 31.3 Å². The molecule has 1 aliphatic carbocycles. The number of carbonyl (C=O) groups excluding carboxylic acids is 1. The highest BCUT2D eigenvalue weighted by molar-refractivity contribution is 5.94. The molecule has 0 radical (unpaired) electrons. The number of likely N-dealkylation sites (tertiary alicyclic amines) is 1. The summed E-state index contributed by atoms with van der Waals surface area (Å²) in [5, 5.41) is 4.14. The van der Waals surface area contributed by atoms with Crippen LogP contribution in [0.5, 0.6) is 0 Å². The Morgan fingerprint density at radius 2 is 2.15 bits per heavy atom. The van der Waals surface area contributed by atoms with E-state index in [-0.39, 0.29) is 11.9 Å². The zero-order chi connectivity index (χ0) is 18.1. The monoisotopic (exact) mass is 354 g/mol. The van der Waals surface area contributed by atoms with Gasteiger partial charge in [-0.25, -0.2) is 0 Å². The van der Waals surface area contributed by atoms with E-state index < -0.39 is 0 Å². The molecule has 3 heterocycles. The number of aromatic nitrogens is 2.